The molecular weight excluding hydrogens is 541 g/mol. The third-order valence-corrected chi connectivity index (χ3v) is 6.13. The fourth-order valence-electron chi connectivity index (χ4n) is 3.01. The fraction of sp³-hybridized carbons (Fsp3) is 0.316. The number of aryl methyl sites for hydroxylation is 1. The van der Waals surface area contributed by atoms with Crippen LogP contribution in [-0.4, -0.2) is 53.4 Å². The third kappa shape index (κ3) is 5.78. The largest absolute Gasteiger partial charge is 0.368 e. The first-order chi connectivity index (χ1) is 15.4. The number of piperazine rings is 1. The highest BCUT2D eigenvalue weighted by molar-refractivity contribution is 14.1. The Balaban J connectivity index is 1.91. The molecule has 13 heteroatoms. The number of nitrogens with one attached hydrogen (secondary N) is 1. The highest BCUT2D eigenvalue weighted by Crippen LogP contribution is 2.31. The van der Waals surface area contributed by atoms with Gasteiger partial charge in [-0.05, 0) is 41.6 Å². The van der Waals surface area contributed by atoms with Crippen molar-refractivity contribution in [2.75, 3.05) is 48.1 Å². The van der Waals surface area contributed by atoms with E-state index in [2.05, 4.69) is 30.2 Å². The number of hydrogen-bond acceptors (Lipinski definition) is 10. The standard InChI is InChI=1S/C19H24IN11S/c1-13-17(32-19(27-13)29(2)22)15(5-6-21)28-18(26-12-20)31(23)16-4-3-14(11-25-16)30-9-7-24-8-10-30/h3-5,11-12,24H,7-10,22-23H2,1-2H3/b15-5+,26-12?,28-18?. The molecule has 2 aromatic rings. The quantitative estimate of drug-likeness (QED) is 0.123. The smallest absolute Gasteiger partial charge is 0.247 e. The van der Waals surface area contributed by atoms with Crippen LogP contribution in [-0.2, 0) is 0 Å². The lowest BCUT2D eigenvalue weighted by atomic mass is 10.3. The van der Waals surface area contributed by atoms with Crippen molar-refractivity contribution in [1.82, 2.24) is 15.3 Å². The molecule has 0 amide bonds. The molecule has 5 N–H and O–H groups in total. The van der Waals surface area contributed by atoms with E-state index < -0.39 is 0 Å². The Morgan fingerprint density at radius 2 is 2.12 bits per heavy atom. The van der Waals surface area contributed by atoms with Gasteiger partial charge < -0.3 is 10.2 Å². The summed E-state index contributed by atoms with van der Waals surface area (Å²) in [4.78, 5) is 20.7. The van der Waals surface area contributed by atoms with Crippen molar-refractivity contribution in [1.29, 1.82) is 5.26 Å². The predicted octanol–water partition coefficient (Wildman–Crippen LogP) is 1.63. The predicted molar refractivity (Wildman–Crippen MR) is 139 cm³/mol. The van der Waals surface area contributed by atoms with Crippen LogP contribution in [0.5, 0.6) is 0 Å². The highest BCUT2D eigenvalue weighted by Gasteiger charge is 2.18. The number of anilines is 3. The number of nitrogens with two attached hydrogens (primary N) is 2. The number of pyridine rings is 1. The molecule has 1 aliphatic heterocycles. The minimum absolute atomic E-state index is 0.179. The van der Waals surface area contributed by atoms with Gasteiger partial charge in [0.1, 0.15) is 5.82 Å². The van der Waals surface area contributed by atoms with Crippen molar-refractivity contribution in [2.24, 2.45) is 21.7 Å². The second kappa shape index (κ2) is 11.3. The summed E-state index contributed by atoms with van der Waals surface area (Å²) < 4.78 is 1.55. The van der Waals surface area contributed by atoms with Crippen LogP contribution in [0.4, 0.5) is 16.6 Å². The first kappa shape index (κ1) is 24.0. The summed E-state index contributed by atoms with van der Waals surface area (Å²) in [7, 11) is 1.70. The number of thiazole rings is 1. The Morgan fingerprint density at radius 1 is 1.38 bits per heavy atom. The topological polar surface area (TPSA) is 148 Å². The van der Waals surface area contributed by atoms with E-state index in [0.717, 1.165) is 31.9 Å². The van der Waals surface area contributed by atoms with Crippen molar-refractivity contribution in [3.63, 3.8) is 0 Å². The summed E-state index contributed by atoms with van der Waals surface area (Å²) in [5.74, 6) is 12.8. The van der Waals surface area contributed by atoms with Gasteiger partial charge in [0.15, 0.2) is 5.13 Å². The molecule has 1 aliphatic rings. The van der Waals surface area contributed by atoms with E-state index >= 15 is 0 Å². The van der Waals surface area contributed by atoms with Gasteiger partial charge in [-0.15, -0.1) is 0 Å². The van der Waals surface area contributed by atoms with Crippen LogP contribution in [0.1, 0.15) is 10.6 Å². The summed E-state index contributed by atoms with van der Waals surface area (Å²) in [5, 5.41) is 15.9. The highest BCUT2D eigenvalue weighted by atomic mass is 127. The molecule has 3 rings (SSSR count). The number of nitriles is 1. The molecule has 168 valence electrons. The Hall–Kier alpha value is -2.64. The number of nitrogens with zero attached hydrogens (tertiary/aromatic N) is 8. The molecule has 32 heavy (non-hydrogen) atoms. The number of allylic oxidation sites excluding steroid dienone is 1. The number of halogens is 1. The lowest BCUT2D eigenvalue weighted by Gasteiger charge is -2.29. The molecule has 0 radical (unpaired) electrons. The number of rotatable bonds is 5. The van der Waals surface area contributed by atoms with E-state index in [9.17, 15) is 5.26 Å². The zero-order valence-electron chi connectivity index (χ0n) is 17.7. The molecular formula is C19H24IN11S. The molecule has 1 saturated heterocycles. The molecule has 2 aromatic heterocycles. The normalized spacial score (nSPS) is 15.2. The Morgan fingerprint density at radius 3 is 2.69 bits per heavy atom. The number of hydrogen-bond donors (Lipinski definition) is 3. The molecule has 11 nitrogen and oxygen atoms in total. The van der Waals surface area contributed by atoms with Crippen LogP contribution >= 0.6 is 33.9 Å². The minimum atomic E-state index is 0.179. The zero-order chi connectivity index (χ0) is 23.1. The van der Waals surface area contributed by atoms with Crippen LogP contribution in [0, 0.1) is 18.3 Å². The molecule has 0 aromatic carbocycles. The van der Waals surface area contributed by atoms with Crippen LogP contribution in [0.2, 0.25) is 0 Å². The summed E-state index contributed by atoms with van der Waals surface area (Å²) in [6.45, 7) is 5.57. The van der Waals surface area contributed by atoms with E-state index in [1.54, 1.807) is 17.5 Å². The maximum Gasteiger partial charge on any atom is 0.247 e. The van der Waals surface area contributed by atoms with Crippen molar-refractivity contribution in [3.05, 3.63) is 35.0 Å². The van der Waals surface area contributed by atoms with E-state index in [1.165, 1.54) is 27.4 Å². The van der Waals surface area contributed by atoms with Gasteiger partial charge in [0.05, 0.1) is 38.4 Å². The SMILES string of the molecule is Cc1nc(N(C)N)sc1/C(=C\C#N)N=C(N=CI)N(N)c1ccc(N2CCNCC2)cn1. The van der Waals surface area contributed by atoms with Gasteiger partial charge in [-0.3, -0.25) is 5.01 Å². The van der Waals surface area contributed by atoms with E-state index in [0.29, 0.717) is 27.2 Å². The molecule has 0 saturated carbocycles. The van der Waals surface area contributed by atoms with Crippen molar-refractivity contribution >= 4 is 66.4 Å². The third-order valence-electron chi connectivity index (χ3n) is 4.58. The number of guanidine groups is 1. The maximum absolute atomic E-state index is 9.30. The average molecular weight is 565 g/mol. The van der Waals surface area contributed by atoms with Crippen LogP contribution < -0.4 is 31.9 Å². The van der Waals surface area contributed by atoms with Crippen molar-refractivity contribution in [2.45, 2.75) is 6.92 Å². The molecule has 1 fully saturated rings. The molecule has 0 unspecified atom stereocenters. The number of aromatic nitrogens is 2. The zero-order valence-corrected chi connectivity index (χ0v) is 20.7. The van der Waals surface area contributed by atoms with Gasteiger partial charge in [0, 0.05) is 39.3 Å². The average Bonchev–Trinajstić information content (AvgIpc) is 3.20. The van der Waals surface area contributed by atoms with Gasteiger partial charge in [-0.25, -0.2) is 36.6 Å². The van der Waals surface area contributed by atoms with E-state index in [1.807, 2.05) is 47.7 Å². The lowest BCUT2D eigenvalue weighted by molar-refractivity contribution is 0.589. The van der Waals surface area contributed by atoms with Gasteiger partial charge >= 0.3 is 0 Å². The van der Waals surface area contributed by atoms with Crippen molar-refractivity contribution < 1.29 is 0 Å². The van der Waals surface area contributed by atoms with Crippen molar-refractivity contribution in [3.8, 4) is 6.07 Å². The Kier molecular flexibility index (Phi) is 8.47. The summed E-state index contributed by atoms with van der Waals surface area (Å²) >= 11 is 3.31. The second-order valence-electron chi connectivity index (χ2n) is 6.80. The summed E-state index contributed by atoms with van der Waals surface area (Å²) in [6, 6.07) is 5.82. The van der Waals surface area contributed by atoms with Gasteiger partial charge in [0.2, 0.25) is 5.96 Å². The maximum atomic E-state index is 9.30. The molecule has 0 aliphatic carbocycles. The van der Waals surface area contributed by atoms with Gasteiger partial charge in [-0.2, -0.15) is 5.26 Å². The van der Waals surface area contributed by atoms with E-state index in [4.69, 9.17) is 11.7 Å². The second-order valence-corrected chi connectivity index (χ2v) is 8.34. The Bertz CT molecular complexity index is 1050. The van der Waals surface area contributed by atoms with Crippen LogP contribution in [0.25, 0.3) is 5.70 Å². The number of hydrazine groups is 2. The van der Waals surface area contributed by atoms with Crippen LogP contribution in [0.15, 0.2) is 34.4 Å². The fourth-order valence-corrected chi connectivity index (χ4v) is 4.17. The minimum Gasteiger partial charge on any atom is -0.368 e. The van der Waals surface area contributed by atoms with Gasteiger partial charge in [-0.1, -0.05) is 11.3 Å². The molecule has 0 bridgehead atoms. The van der Waals surface area contributed by atoms with Crippen LogP contribution in [0.3, 0.4) is 0 Å². The summed E-state index contributed by atoms with van der Waals surface area (Å²) in [6.07, 6.45) is 3.12. The first-order valence-electron chi connectivity index (χ1n) is 9.68. The summed E-state index contributed by atoms with van der Waals surface area (Å²) in [5.41, 5.74) is 2.12. The monoisotopic (exact) mass is 565 g/mol. The molecule has 0 spiro atoms. The lowest BCUT2D eigenvalue weighted by Crippen LogP contribution is -2.43. The Labute approximate surface area is 204 Å². The molecule has 3 heterocycles. The first-order valence-corrected chi connectivity index (χ1v) is 11.7. The van der Waals surface area contributed by atoms with E-state index in [-0.39, 0.29) is 5.96 Å². The molecule has 0 atom stereocenters. The number of aliphatic imine (C=N–C) groups is 2. The van der Waals surface area contributed by atoms with Gasteiger partial charge in [0.25, 0.3) is 0 Å².